The minimum Gasteiger partial charge on any atom is -0.338 e. The summed E-state index contributed by atoms with van der Waals surface area (Å²) in [6, 6.07) is 5.82. The standard InChI is InChI=1S/C13H16BrClN2O.ClH/c1-16-10-4-6-17(7-5-10)13(18)11-3-2-9(15)8-12(11)14;/h2-3,8,10,16H,4-7H2,1H3;1H. The highest BCUT2D eigenvalue weighted by molar-refractivity contribution is 9.10. The van der Waals surface area contributed by atoms with E-state index < -0.39 is 0 Å². The summed E-state index contributed by atoms with van der Waals surface area (Å²) in [7, 11) is 1.97. The maximum atomic E-state index is 12.4. The molecular weight excluding hydrogens is 351 g/mol. The van der Waals surface area contributed by atoms with Gasteiger partial charge in [-0.25, -0.2) is 0 Å². The van der Waals surface area contributed by atoms with Gasteiger partial charge in [-0.2, -0.15) is 0 Å². The number of carbonyl (C=O) groups is 1. The first-order valence-corrected chi connectivity index (χ1v) is 7.20. The molecule has 1 fully saturated rings. The van der Waals surface area contributed by atoms with Crippen LogP contribution in [0.25, 0.3) is 0 Å². The molecule has 0 aromatic heterocycles. The quantitative estimate of drug-likeness (QED) is 0.869. The summed E-state index contributed by atoms with van der Waals surface area (Å²) in [6.45, 7) is 1.61. The van der Waals surface area contributed by atoms with E-state index in [1.807, 2.05) is 11.9 Å². The van der Waals surface area contributed by atoms with Crippen LogP contribution < -0.4 is 5.32 Å². The van der Waals surface area contributed by atoms with Crippen molar-refractivity contribution in [1.82, 2.24) is 10.2 Å². The zero-order chi connectivity index (χ0) is 13.1. The van der Waals surface area contributed by atoms with Crippen molar-refractivity contribution in [3.8, 4) is 0 Å². The Labute approximate surface area is 133 Å². The molecule has 19 heavy (non-hydrogen) atoms. The Morgan fingerprint density at radius 2 is 2.05 bits per heavy atom. The van der Waals surface area contributed by atoms with Crippen molar-refractivity contribution >= 4 is 45.8 Å². The number of amides is 1. The molecule has 0 atom stereocenters. The molecule has 1 aromatic carbocycles. The molecule has 1 heterocycles. The van der Waals surface area contributed by atoms with Crippen LogP contribution in [-0.4, -0.2) is 37.0 Å². The third-order valence-electron chi connectivity index (χ3n) is 3.35. The Hall–Kier alpha value is -0.290. The zero-order valence-corrected chi connectivity index (χ0v) is 13.8. The SMILES string of the molecule is CNC1CCN(C(=O)c2ccc(Cl)cc2Br)CC1.Cl. The van der Waals surface area contributed by atoms with Crippen LogP contribution in [-0.2, 0) is 0 Å². The van der Waals surface area contributed by atoms with Crippen LogP contribution in [0.3, 0.4) is 0 Å². The normalized spacial score (nSPS) is 16.1. The molecule has 0 unspecified atom stereocenters. The van der Waals surface area contributed by atoms with E-state index >= 15 is 0 Å². The van der Waals surface area contributed by atoms with Crippen LogP contribution >= 0.6 is 39.9 Å². The van der Waals surface area contributed by atoms with Crippen molar-refractivity contribution in [2.45, 2.75) is 18.9 Å². The monoisotopic (exact) mass is 366 g/mol. The number of carbonyl (C=O) groups excluding carboxylic acids is 1. The van der Waals surface area contributed by atoms with E-state index in [1.165, 1.54) is 0 Å². The molecule has 1 saturated heterocycles. The van der Waals surface area contributed by atoms with E-state index in [2.05, 4.69) is 21.2 Å². The molecule has 1 aliphatic heterocycles. The van der Waals surface area contributed by atoms with E-state index in [9.17, 15) is 4.79 Å². The lowest BCUT2D eigenvalue weighted by atomic mass is 10.0. The minimum absolute atomic E-state index is 0. The highest BCUT2D eigenvalue weighted by atomic mass is 79.9. The second kappa shape index (κ2) is 7.48. The molecule has 0 aliphatic carbocycles. The van der Waals surface area contributed by atoms with Crippen LogP contribution in [0, 0.1) is 0 Å². The summed E-state index contributed by atoms with van der Waals surface area (Å²) in [5, 5.41) is 3.89. The largest absolute Gasteiger partial charge is 0.338 e. The molecule has 1 aliphatic rings. The van der Waals surface area contributed by atoms with Crippen LogP contribution in [0.5, 0.6) is 0 Å². The van der Waals surface area contributed by atoms with Crippen molar-refractivity contribution in [2.75, 3.05) is 20.1 Å². The van der Waals surface area contributed by atoms with Gasteiger partial charge in [0.05, 0.1) is 5.56 Å². The molecule has 1 N–H and O–H groups in total. The first-order valence-electron chi connectivity index (χ1n) is 6.03. The van der Waals surface area contributed by atoms with E-state index in [-0.39, 0.29) is 18.3 Å². The van der Waals surface area contributed by atoms with Crippen molar-refractivity contribution in [3.05, 3.63) is 33.3 Å². The lowest BCUT2D eigenvalue weighted by Crippen LogP contribution is -2.44. The summed E-state index contributed by atoms with van der Waals surface area (Å²) in [4.78, 5) is 14.3. The topological polar surface area (TPSA) is 32.3 Å². The number of hydrogen-bond acceptors (Lipinski definition) is 2. The van der Waals surface area contributed by atoms with Crippen LogP contribution in [0.15, 0.2) is 22.7 Å². The number of halogens is 3. The zero-order valence-electron chi connectivity index (χ0n) is 10.7. The van der Waals surface area contributed by atoms with Gasteiger partial charge in [0.2, 0.25) is 0 Å². The summed E-state index contributed by atoms with van der Waals surface area (Å²) in [5.41, 5.74) is 0.683. The summed E-state index contributed by atoms with van der Waals surface area (Å²) in [5.74, 6) is 0.0769. The minimum atomic E-state index is 0. The molecule has 1 aromatic rings. The molecule has 2 rings (SSSR count). The lowest BCUT2D eigenvalue weighted by Gasteiger charge is -2.32. The van der Waals surface area contributed by atoms with Crippen LogP contribution in [0.1, 0.15) is 23.2 Å². The predicted octanol–water partition coefficient (Wildman–Crippen LogP) is 3.35. The van der Waals surface area contributed by atoms with E-state index in [0.717, 1.165) is 30.4 Å². The molecular formula is C13H17BrCl2N2O. The van der Waals surface area contributed by atoms with Crippen molar-refractivity contribution < 1.29 is 4.79 Å². The van der Waals surface area contributed by atoms with Gasteiger partial charge in [-0.15, -0.1) is 12.4 Å². The fourth-order valence-electron chi connectivity index (χ4n) is 2.20. The van der Waals surface area contributed by atoms with E-state index in [0.29, 0.717) is 16.6 Å². The predicted molar refractivity (Wildman–Crippen MR) is 84.4 cm³/mol. The molecule has 0 bridgehead atoms. The molecule has 106 valence electrons. The van der Waals surface area contributed by atoms with E-state index in [4.69, 9.17) is 11.6 Å². The van der Waals surface area contributed by atoms with Crippen LogP contribution in [0.2, 0.25) is 5.02 Å². The van der Waals surface area contributed by atoms with Gasteiger partial charge >= 0.3 is 0 Å². The number of hydrogen-bond donors (Lipinski definition) is 1. The van der Waals surface area contributed by atoms with Crippen molar-refractivity contribution in [2.24, 2.45) is 0 Å². The third kappa shape index (κ3) is 4.09. The van der Waals surface area contributed by atoms with Crippen molar-refractivity contribution in [1.29, 1.82) is 0 Å². The molecule has 6 heteroatoms. The Morgan fingerprint density at radius 3 is 2.58 bits per heavy atom. The molecule has 1 amide bonds. The van der Waals surface area contributed by atoms with Crippen molar-refractivity contribution in [3.63, 3.8) is 0 Å². The Bertz CT molecular complexity index is 448. The van der Waals surface area contributed by atoms with Gasteiger partial charge in [0, 0.05) is 28.6 Å². The first-order chi connectivity index (χ1) is 8.61. The average molecular weight is 368 g/mol. The van der Waals surface area contributed by atoms with Crippen LogP contribution in [0.4, 0.5) is 0 Å². The first kappa shape index (κ1) is 16.8. The molecule has 3 nitrogen and oxygen atoms in total. The third-order valence-corrected chi connectivity index (χ3v) is 4.24. The smallest absolute Gasteiger partial charge is 0.255 e. The van der Waals surface area contributed by atoms with Gasteiger partial charge < -0.3 is 10.2 Å². The van der Waals surface area contributed by atoms with Gasteiger partial charge in [0.25, 0.3) is 5.91 Å². The second-order valence-corrected chi connectivity index (χ2v) is 5.77. The Balaban J connectivity index is 0.00000180. The number of benzene rings is 1. The number of nitrogens with one attached hydrogen (secondary N) is 1. The summed E-state index contributed by atoms with van der Waals surface area (Å²) >= 11 is 9.28. The maximum absolute atomic E-state index is 12.4. The fourth-order valence-corrected chi connectivity index (χ4v) is 3.06. The molecule has 0 radical (unpaired) electrons. The van der Waals surface area contributed by atoms with Gasteiger partial charge in [-0.3, -0.25) is 4.79 Å². The summed E-state index contributed by atoms with van der Waals surface area (Å²) < 4.78 is 0.760. The lowest BCUT2D eigenvalue weighted by molar-refractivity contribution is 0.0706. The number of piperidine rings is 1. The molecule has 0 saturated carbocycles. The van der Waals surface area contributed by atoms with Gasteiger partial charge in [0.1, 0.15) is 0 Å². The Morgan fingerprint density at radius 1 is 1.42 bits per heavy atom. The highest BCUT2D eigenvalue weighted by Crippen LogP contribution is 2.24. The van der Waals surface area contributed by atoms with E-state index in [1.54, 1.807) is 18.2 Å². The van der Waals surface area contributed by atoms with Gasteiger partial charge in [0.15, 0.2) is 0 Å². The molecule has 0 spiro atoms. The average Bonchev–Trinajstić information content (AvgIpc) is 2.38. The Kier molecular flexibility index (Phi) is 6.60. The summed E-state index contributed by atoms with van der Waals surface area (Å²) in [6.07, 6.45) is 2.01. The fraction of sp³-hybridized carbons (Fsp3) is 0.462. The highest BCUT2D eigenvalue weighted by Gasteiger charge is 2.23. The second-order valence-electron chi connectivity index (χ2n) is 4.48. The maximum Gasteiger partial charge on any atom is 0.255 e. The number of rotatable bonds is 2. The number of nitrogens with zero attached hydrogens (tertiary/aromatic N) is 1. The number of likely N-dealkylation sites (tertiary alicyclic amines) is 1. The van der Waals surface area contributed by atoms with Gasteiger partial charge in [-0.1, -0.05) is 11.6 Å². The van der Waals surface area contributed by atoms with Gasteiger partial charge in [-0.05, 0) is 54.0 Å².